The SMILES string of the molecule is CCOC(=O)C=Cc1ccc(NC(=O)NC2CCN(C(=O)c3ccoc3)CC2)cc1. The maximum absolute atomic E-state index is 12.3. The van der Waals surface area contributed by atoms with Gasteiger partial charge >= 0.3 is 12.0 Å². The van der Waals surface area contributed by atoms with E-state index in [2.05, 4.69) is 10.6 Å². The minimum Gasteiger partial charge on any atom is -0.472 e. The van der Waals surface area contributed by atoms with Crippen molar-refractivity contribution in [2.45, 2.75) is 25.8 Å². The van der Waals surface area contributed by atoms with Crippen LogP contribution in [0.15, 0.2) is 53.4 Å². The van der Waals surface area contributed by atoms with Crippen molar-refractivity contribution >= 4 is 29.7 Å². The van der Waals surface area contributed by atoms with Crippen LogP contribution >= 0.6 is 0 Å². The number of anilines is 1. The van der Waals surface area contributed by atoms with Crippen LogP contribution in [-0.4, -0.2) is 48.5 Å². The van der Waals surface area contributed by atoms with Gasteiger partial charge in [-0.05, 0) is 49.6 Å². The number of amides is 3. The van der Waals surface area contributed by atoms with Crippen LogP contribution in [0, 0.1) is 0 Å². The summed E-state index contributed by atoms with van der Waals surface area (Å²) in [4.78, 5) is 37.7. The fourth-order valence-electron chi connectivity index (χ4n) is 3.18. The normalized spacial score (nSPS) is 14.5. The Kier molecular flexibility index (Phi) is 7.26. The topological polar surface area (TPSA) is 101 Å². The van der Waals surface area contributed by atoms with Crippen LogP contribution in [0.1, 0.15) is 35.7 Å². The van der Waals surface area contributed by atoms with E-state index in [1.165, 1.54) is 18.6 Å². The minimum absolute atomic E-state index is 0.00480. The molecule has 0 radical (unpaired) electrons. The molecule has 0 saturated carbocycles. The molecular formula is C22H25N3O5. The van der Waals surface area contributed by atoms with Gasteiger partial charge in [-0.25, -0.2) is 9.59 Å². The van der Waals surface area contributed by atoms with E-state index in [0.29, 0.717) is 43.8 Å². The number of ether oxygens (including phenoxy) is 1. The maximum atomic E-state index is 12.3. The summed E-state index contributed by atoms with van der Waals surface area (Å²) < 4.78 is 9.79. The summed E-state index contributed by atoms with van der Waals surface area (Å²) in [6.07, 6.45) is 7.32. The molecule has 1 aromatic heterocycles. The molecule has 0 spiro atoms. The fourth-order valence-corrected chi connectivity index (χ4v) is 3.18. The Hall–Kier alpha value is -3.55. The van der Waals surface area contributed by atoms with Crippen molar-refractivity contribution in [1.82, 2.24) is 10.2 Å². The van der Waals surface area contributed by atoms with Gasteiger partial charge in [-0.3, -0.25) is 4.79 Å². The third kappa shape index (κ3) is 5.97. The summed E-state index contributed by atoms with van der Waals surface area (Å²) in [6.45, 7) is 3.25. The highest BCUT2D eigenvalue weighted by atomic mass is 16.5. The Bertz CT molecular complexity index is 882. The minimum atomic E-state index is -0.392. The Morgan fingerprint density at radius 3 is 2.53 bits per heavy atom. The molecule has 2 heterocycles. The Morgan fingerprint density at radius 1 is 1.17 bits per heavy atom. The summed E-state index contributed by atoms with van der Waals surface area (Å²) >= 11 is 0. The van der Waals surface area contributed by atoms with E-state index in [-0.39, 0.29) is 18.0 Å². The highest BCUT2D eigenvalue weighted by Crippen LogP contribution is 2.15. The third-order valence-electron chi connectivity index (χ3n) is 4.75. The molecule has 1 saturated heterocycles. The number of furan rings is 1. The summed E-state index contributed by atoms with van der Waals surface area (Å²) in [6, 6.07) is 8.48. The van der Waals surface area contributed by atoms with Crippen molar-refractivity contribution in [2.24, 2.45) is 0 Å². The molecule has 0 bridgehead atoms. The van der Waals surface area contributed by atoms with Gasteiger partial charge in [-0.1, -0.05) is 12.1 Å². The van der Waals surface area contributed by atoms with Crippen molar-refractivity contribution in [2.75, 3.05) is 25.0 Å². The van der Waals surface area contributed by atoms with Crippen LogP contribution in [-0.2, 0) is 9.53 Å². The molecule has 8 heteroatoms. The Labute approximate surface area is 174 Å². The molecule has 3 rings (SSSR count). The lowest BCUT2D eigenvalue weighted by atomic mass is 10.0. The van der Waals surface area contributed by atoms with E-state index in [9.17, 15) is 14.4 Å². The van der Waals surface area contributed by atoms with E-state index in [0.717, 1.165) is 5.56 Å². The predicted octanol–water partition coefficient (Wildman–Crippen LogP) is 3.28. The number of esters is 1. The number of likely N-dealkylation sites (tertiary alicyclic amines) is 1. The van der Waals surface area contributed by atoms with Crippen LogP contribution in [0.2, 0.25) is 0 Å². The lowest BCUT2D eigenvalue weighted by Crippen LogP contribution is -2.47. The van der Waals surface area contributed by atoms with E-state index in [1.807, 2.05) is 0 Å². The zero-order valence-electron chi connectivity index (χ0n) is 16.8. The average Bonchev–Trinajstić information content (AvgIpc) is 3.28. The highest BCUT2D eigenvalue weighted by molar-refractivity contribution is 5.94. The quantitative estimate of drug-likeness (QED) is 0.561. The first-order valence-electron chi connectivity index (χ1n) is 9.89. The average molecular weight is 411 g/mol. The van der Waals surface area contributed by atoms with Gasteiger partial charge in [0.25, 0.3) is 5.91 Å². The monoisotopic (exact) mass is 411 g/mol. The maximum Gasteiger partial charge on any atom is 0.330 e. The van der Waals surface area contributed by atoms with Gasteiger partial charge in [0.2, 0.25) is 0 Å². The van der Waals surface area contributed by atoms with E-state index in [4.69, 9.17) is 9.15 Å². The molecule has 2 N–H and O–H groups in total. The second-order valence-electron chi connectivity index (χ2n) is 6.88. The summed E-state index contributed by atoms with van der Waals surface area (Å²) in [5.41, 5.74) is 2.01. The first-order valence-corrected chi connectivity index (χ1v) is 9.89. The third-order valence-corrected chi connectivity index (χ3v) is 4.75. The van der Waals surface area contributed by atoms with Gasteiger partial charge in [-0.2, -0.15) is 0 Å². The molecule has 1 aliphatic heterocycles. The smallest absolute Gasteiger partial charge is 0.330 e. The Morgan fingerprint density at radius 2 is 1.90 bits per heavy atom. The molecule has 3 amide bonds. The van der Waals surface area contributed by atoms with Gasteiger partial charge in [-0.15, -0.1) is 0 Å². The number of piperidine rings is 1. The fraction of sp³-hybridized carbons (Fsp3) is 0.318. The molecule has 158 valence electrons. The van der Waals surface area contributed by atoms with E-state index < -0.39 is 5.97 Å². The van der Waals surface area contributed by atoms with E-state index in [1.54, 1.807) is 48.2 Å². The van der Waals surface area contributed by atoms with Crippen LogP contribution in [0.4, 0.5) is 10.5 Å². The van der Waals surface area contributed by atoms with Crippen molar-refractivity contribution in [3.05, 3.63) is 60.1 Å². The number of carbonyl (C=O) groups excluding carboxylic acids is 3. The highest BCUT2D eigenvalue weighted by Gasteiger charge is 2.25. The summed E-state index contributed by atoms with van der Waals surface area (Å²) in [5, 5.41) is 5.75. The molecule has 1 fully saturated rings. The molecule has 0 aliphatic carbocycles. The van der Waals surface area contributed by atoms with Crippen LogP contribution in [0.25, 0.3) is 6.08 Å². The predicted molar refractivity (Wildman–Crippen MR) is 112 cm³/mol. The number of hydrogen-bond acceptors (Lipinski definition) is 5. The molecule has 1 aliphatic rings. The molecule has 1 aromatic carbocycles. The zero-order chi connectivity index (χ0) is 21.3. The summed E-state index contributed by atoms with van der Waals surface area (Å²) in [5.74, 6) is -0.444. The molecule has 0 atom stereocenters. The zero-order valence-corrected chi connectivity index (χ0v) is 16.8. The number of carbonyl (C=O) groups is 3. The van der Waals surface area contributed by atoms with Crippen LogP contribution < -0.4 is 10.6 Å². The van der Waals surface area contributed by atoms with Crippen LogP contribution in [0.3, 0.4) is 0 Å². The van der Waals surface area contributed by atoms with Crippen molar-refractivity contribution in [3.8, 4) is 0 Å². The number of nitrogens with zero attached hydrogens (tertiary/aromatic N) is 1. The largest absolute Gasteiger partial charge is 0.472 e. The van der Waals surface area contributed by atoms with Gasteiger partial charge in [0, 0.05) is 30.9 Å². The summed E-state index contributed by atoms with van der Waals surface area (Å²) in [7, 11) is 0. The first-order chi connectivity index (χ1) is 14.5. The second-order valence-corrected chi connectivity index (χ2v) is 6.88. The number of hydrogen-bond donors (Lipinski definition) is 2. The lowest BCUT2D eigenvalue weighted by Gasteiger charge is -2.32. The molecule has 2 aromatic rings. The van der Waals surface area contributed by atoms with Crippen molar-refractivity contribution in [1.29, 1.82) is 0 Å². The van der Waals surface area contributed by atoms with Crippen molar-refractivity contribution in [3.63, 3.8) is 0 Å². The van der Waals surface area contributed by atoms with Gasteiger partial charge in [0.1, 0.15) is 6.26 Å². The second kappa shape index (κ2) is 10.3. The van der Waals surface area contributed by atoms with E-state index >= 15 is 0 Å². The molecule has 0 unspecified atom stereocenters. The van der Waals surface area contributed by atoms with Gasteiger partial charge in [0.05, 0.1) is 18.4 Å². The lowest BCUT2D eigenvalue weighted by molar-refractivity contribution is -0.137. The van der Waals surface area contributed by atoms with Gasteiger partial charge in [0.15, 0.2) is 0 Å². The van der Waals surface area contributed by atoms with Crippen LogP contribution in [0.5, 0.6) is 0 Å². The standard InChI is InChI=1S/C22H25N3O5/c1-2-30-20(26)8-5-16-3-6-18(7-4-16)23-22(28)24-19-9-12-25(13-10-19)21(27)17-11-14-29-15-17/h3-8,11,14-15,19H,2,9-10,12-13H2,1H3,(H2,23,24,28). The number of nitrogens with one attached hydrogen (secondary N) is 2. The number of urea groups is 1. The number of rotatable bonds is 6. The molecule has 8 nitrogen and oxygen atoms in total. The molecule has 30 heavy (non-hydrogen) atoms. The number of benzene rings is 1. The Balaban J connectivity index is 1.42. The van der Waals surface area contributed by atoms with Gasteiger partial charge < -0.3 is 24.7 Å². The first kappa shape index (κ1) is 21.2. The van der Waals surface area contributed by atoms with Crippen molar-refractivity contribution < 1.29 is 23.5 Å². The molecular weight excluding hydrogens is 386 g/mol.